The van der Waals surface area contributed by atoms with Crippen molar-refractivity contribution in [3.63, 3.8) is 0 Å². The van der Waals surface area contributed by atoms with E-state index < -0.39 is 11.7 Å². The fraction of sp³-hybridized carbons (Fsp3) is 0.176. The zero-order valence-corrected chi connectivity index (χ0v) is 12.9. The summed E-state index contributed by atoms with van der Waals surface area (Å²) in [7, 11) is 0. The first-order valence-electron chi connectivity index (χ1n) is 7.21. The van der Waals surface area contributed by atoms with Crippen molar-refractivity contribution in [3.8, 4) is 0 Å². The first-order chi connectivity index (χ1) is 11.0. The van der Waals surface area contributed by atoms with Gasteiger partial charge in [0, 0.05) is 6.04 Å². The summed E-state index contributed by atoms with van der Waals surface area (Å²) in [4.78, 5) is 24.5. The number of hydrogen-bond donors (Lipinski definition) is 2. The molecule has 0 heterocycles. The molecular weight excluding hydrogens is 319 g/mol. The number of amides is 2. The third-order valence-electron chi connectivity index (χ3n) is 3.51. The average Bonchev–Trinajstić information content (AvgIpc) is 3.31. The highest BCUT2D eigenvalue weighted by Crippen LogP contribution is 2.23. The molecule has 0 bridgehead atoms. The molecule has 1 saturated carbocycles. The fourth-order valence-electron chi connectivity index (χ4n) is 2.14. The van der Waals surface area contributed by atoms with Gasteiger partial charge in [0.15, 0.2) is 0 Å². The number of halogens is 2. The van der Waals surface area contributed by atoms with E-state index in [2.05, 4.69) is 10.6 Å². The number of benzene rings is 2. The monoisotopic (exact) mass is 332 g/mol. The van der Waals surface area contributed by atoms with Crippen LogP contribution in [0.15, 0.2) is 42.5 Å². The SMILES string of the molecule is O=C(Nc1ccccc1C(=O)NC1CC1)c1ccc(F)cc1Cl. The number of para-hydroxylation sites is 1. The smallest absolute Gasteiger partial charge is 0.257 e. The number of anilines is 1. The van der Waals surface area contributed by atoms with E-state index in [0.717, 1.165) is 25.0 Å². The molecule has 3 rings (SSSR count). The molecule has 1 aliphatic carbocycles. The molecule has 1 aliphatic rings. The number of rotatable bonds is 4. The summed E-state index contributed by atoms with van der Waals surface area (Å²) in [5, 5.41) is 5.55. The van der Waals surface area contributed by atoms with E-state index >= 15 is 0 Å². The zero-order chi connectivity index (χ0) is 16.4. The van der Waals surface area contributed by atoms with E-state index in [-0.39, 0.29) is 22.5 Å². The van der Waals surface area contributed by atoms with Gasteiger partial charge >= 0.3 is 0 Å². The summed E-state index contributed by atoms with van der Waals surface area (Å²) in [6.07, 6.45) is 1.96. The van der Waals surface area contributed by atoms with Gasteiger partial charge in [-0.15, -0.1) is 0 Å². The molecule has 0 unspecified atom stereocenters. The van der Waals surface area contributed by atoms with Crippen molar-refractivity contribution in [2.75, 3.05) is 5.32 Å². The predicted octanol–water partition coefficient (Wildman–Crippen LogP) is 3.62. The van der Waals surface area contributed by atoms with Crippen LogP contribution in [-0.4, -0.2) is 17.9 Å². The van der Waals surface area contributed by atoms with Crippen molar-refractivity contribution >= 4 is 29.1 Å². The first kappa shape index (κ1) is 15.5. The van der Waals surface area contributed by atoms with Crippen LogP contribution in [0.2, 0.25) is 5.02 Å². The number of carbonyl (C=O) groups is 2. The van der Waals surface area contributed by atoms with Gasteiger partial charge in [-0.25, -0.2) is 4.39 Å². The molecular formula is C17H14ClFN2O2. The number of nitrogens with one attached hydrogen (secondary N) is 2. The topological polar surface area (TPSA) is 58.2 Å². The summed E-state index contributed by atoms with van der Waals surface area (Å²) >= 11 is 5.89. The van der Waals surface area contributed by atoms with E-state index in [9.17, 15) is 14.0 Å². The van der Waals surface area contributed by atoms with Crippen LogP contribution in [-0.2, 0) is 0 Å². The largest absolute Gasteiger partial charge is 0.349 e. The second-order valence-electron chi connectivity index (χ2n) is 5.37. The van der Waals surface area contributed by atoms with E-state index in [1.807, 2.05) is 0 Å². The van der Waals surface area contributed by atoms with Crippen LogP contribution in [0.1, 0.15) is 33.6 Å². The van der Waals surface area contributed by atoms with Gasteiger partial charge in [0.05, 0.1) is 21.8 Å². The van der Waals surface area contributed by atoms with Crippen LogP contribution in [0.4, 0.5) is 10.1 Å². The molecule has 0 radical (unpaired) electrons. The van der Waals surface area contributed by atoms with Crippen LogP contribution >= 0.6 is 11.6 Å². The highest BCUT2D eigenvalue weighted by molar-refractivity contribution is 6.34. The van der Waals surface area contributed by atoms with E-state index in [4.69, 9.17) is 11.6 Å². The molecule has 2 N–H and O–H groups in total. The summed E-state index contributed by atoms with van der Waals surface area (Å²) in [6.45, 7) is 0. The first-order valence-corrected chi connectivity index (χ1v) is 7.58. The Morgan fingerprint density at radius 2 is 1.78 bits per heavy atom. The lowest BCUT2D eigenvalue weighted by Crippen LogP contribution is -2.27. The minimum absolute atomic E-state index is 0.0161. The van der Waals surface area contributed by atoms with E-state index in [1.54, 1.807) is 24.3 Å². The summed E-state index contributed by atoms with van der Waals surface area (Å²) in [5.74, 6) is -1.24. The molecule has 1 fully saturated rings. The molecule has 0 aromatic heterocycles. The molecule has 0 aliphatic heterocycles. The van der Waals surface area contributed by atoms with Gasteiger partial charge < -0.3 is 10.6 Å². The quantitative estimate of drug-likeness (QED) is 0.898. The summed E-state index contributed by atoms with van der Waals surface area (Å²) in [5.41, 5.74) is 0.910. The maximum atomic E-state index is 13.1. The maximum absolute atomic E-state index is 13.1. The normalized spacial score (nSPS) is 13.5. The minimum atomic E-state index is -0.518. The number of hydrogen-bond acceptors (Lipinski definition) is 2. The van der Waals surface area contributed by atoms with Crippen molar-refractivity contribution in [1.29, 1.82) is 0 Å². The molecule has 2 aromatic rings. The van der Waals surface area contributed by atoms with Gasteiger partial charge in [-0.2, -0.15) is 0 Å². The molecule has 6 heteroatoms. The van der Waals surface area contributed by atoms with Crippen LogP contribution in [0.3, 0.4) is 0 Å². The van der Waals surface area contributed by atoms with Gasteiger partial charge in [0.25, 0.3) is 11.8 Å². The van der Waals surface area contributed by atoms with Crippen LogP contribution in [0.25, 0.3) is 0 Å². The Balaban J connectivity index is 1.81. The van der Waals surface area contributed by atoms with Gasteiger partial charge in [-0.05, 0) is 43.2 Å². The van der Waals surface area contributed by atoms with Crippen molar-refractivity contribution in [2.45, 2.75) is 18.9 Å². The van der Waals surface area contributed by atoms with Crippen molar-refractivity contribution < 1.29 is 14.0 Å². The van der Waals surface area contributed by atoms with Gasteiger partial charge in [0.2, 0.25) is 0 Å². The Labute approximate surface area is 137 Å². The highest BCUT2D eigenvalue weighted by atomic mass is 35.5. The Hall–Kier alpha value is -2.40. The van der Waals surface area contributed by atoms with Crippen LogP contribution < -0.4 is 10.6 Å². The van der Waals surface area contributed by atoms with Crippen LogP contribution in [0, 0.1) is 5.82 Å². The third kappa shape index (κ3) is 3.68. The van der Waals surface area contributed by atoms with E-state index in [1.165, 1.54) is 6.07 Å². The minimum Gasteiger partial charge on any atom is -0.349 e. The molecule has 2 aromatic carbocycles. The Morgan fingerprint density at radius 3 is 2.48 bits per heavy atom. The van der Waals surface area contributed by atoms with Gasteiger partial charge in [0.1, 0.15) is 5.82 Å². The van der Waals surface area contributed by atoms with Gasteiger partial charge in [-0.1, -0.05) is 23.7 Å². The highest BCUT2D eigenvalue weighted by Gasteiger charge is 2.25. The van der Waals surface area contributed by atoms with E-state index in [0.29, 0.717) is 11.3 Å². The molecule has 2 amide bonds. The molecule has 23 heavy (non-hydrogen) atoms. The zero-order valence-electron chi connectivity index (χ0n) is 12.1. The molecule has 4 nitrogen and oxygen atoms in total. The van der Waals surface area contributed by atoms with Crippen molar-refractivity contribution in [1.82, 2.24) is 5.32 Å². The lowest BCUT2D eigenvalue weighted by atomic mass is 10.1. The van der Waals surface area contributed by atoms with Crippen molar-refractivity contribution in [3.05, 3.63) is 64.4 Å². The average molecular weight is 333 g/mol. The molecule has 118 valence electrons. The Morgan fingerprint density at radius 1 is 1.04 bits per heavy atom. The standard InChI is InChI=1S/C17H14ClFN2O2/c18-14-9-10(19)5-8-12(14)16(22)21-15-4-2-1-3-13(15)17(23)20-11-6-7-11/h1-5,8-9,11H,6-7H2,(H,20,23)(H,21,22). The number of carbonyl (C=O) groups excluding carboxylic acids is 2. The lowest BCUT2D eigenvalue weighted by molar-refractivity contribution is 0.0952. The summed E-state index contributed by atoms with van der Waals surface area (Å²) in [6, 6.07) is 10.5. The molecule has 0 atom stereocenters. The maximum Gasteiger partial charge on any atom is 0.257 e. The Kier molecular flexibility index (Phi) is 4.30. The second-order valence-corrected chi connectivity index (χ2v) is 5.78. The van der Waals surface area contributed by atoms with Crippen LogP contribution in [0.5, 0.6) is 0 Å². The summed E-state index contributed by atoms with van der Waals surface area (Å²) < 4.78 is 13.1. The van der Waals surface area contributed by atoms with Crippen molar-refractivity contribution in [2.24, 2.45) is 0 Å². The van der Waals surface area contributed by atoms with Gasteiger partial charge in [-0.3, -0.25) is 9.59 Å². The molecule has 0 saturated heterocycles. The Bertz CT molecular complexity index is 775. The lowest BCUT2D eigenvalue weighted by Gasteiger charge is -2.11. The second kappa shape index (κ2) is 6.38. The third-order valence-corrected chi connectivity index (χ3v) is 3.82. The predicted molar refractivity (Wildman–Crippen MR) is 86.3 cm³/mol. The molecule has 0 spiro atoms. The fourth-order valence-corrected chi connectivity index (χ4v) is 2.40.